The summed E-state index contributed by atoms with van der Waals surface area (Å²) in [6.07, 6.45) is 1.79. The Hall–Kier alpha value is -1.94. The Balaban J connectivity index is 2.04. The Morgan fingerprint density at radius 3 is 2.50 bits per heavy atom. The van der Waals surface area contributed by atoms with E-state index in [0.29, 0.717) is 5.02 Å². The Labute approximate surface area is 122 Å². The molecule has 20 heavy (non-hydrogen) atoms. The molecule has 0 radical (unpaired) electrons. The third-order valence-electron chi connectivity index (χ3n) is 3.33. The van der Waals surface area contributed by atoms with Crippen LogP contribution in [-0.2, 0) is 0 Å². The number of benzene rings is 2. The molecule has 3 N–H and O–H groups in total. The third kappa shape index (κ3) is 2.51. The number of hydrogen-bond acceptors (Lipinski definition) is 3. The fourth-order valence-electron chi connectivity index (χ4n) is 2.30. The zero-order chi connectivity index (χ0) is 13.9. The van der Waals surface area contributed by atoms with Crippen LogP contribution in [0.3, 0.4) is 0 Å². The van der Waals surface area contributed by atoms with Crippen molar-refractivity contribution in [1.82, 2.24) is 10.4 Å². The van der Waals surface area contributed by atoms with Crippen LogP contribution in [0, 0.1) is 0 Å². The smallest absolute Gasteiger partial charge is 0.0710 e. The summed E-state index contributed by atoms with van der Waals surface area (Å²) in [5.74, 6) is 5.72. The number of halogens is 1. The van der Waals surface area contributed by atoms with E-state index in [1.165, 1.54) is 0 Å². The van der Waals surface area contributed by atoms with Crippen LogP contribution in [0.4, 0.5) is 0 Å². The van der Waals surface area contributed by atoms with E-state index in [2.05, 4.69) is 28.6 Å². The molecular formula is C16H14ClN3. The number of rotatable bonds is 3. The number of aromatic nitrogens is 1. The van der Waals surface area contributed by atoms with E-state index < -0.39 is 0 Å². The van der Waals surface area contributed by atoms with Crippen molar-refractivity contribution in [3.8, 4) is 0 Å². The molecule has 1 atom stereocenters. The summed E-state index contributed by atoms with van der Waals surface area (Å²) >= 11 is 5.92. The number of nitrogens with zero attached hydrogens (tertiary/aromatic N) is 1. The topological polar surface area (TPSA) is 50.9 Å². The van der Waals surface area contributed by atoms with Crippen LogP contribution in [0.25, 0.3) is 10.9 Å². The molecule has 1 heterocycles. The average Bonchev–Trinajstić information content (AvgIpc) is 2.50. The lowest BCUT2D eigenvalue weighted by Gasteiger charge is -2.17. The van der Waals surface area contributed by atoms with Gasteiger partial charge >= 0.3 is 0 Å². The molecular weight excluding hydrogens is 270 g/mol. The number of hydrogen-bond donors (Lipinski definition) is 2. The fourth-order valence-corrected chi connectivity index (χ4v) is 2.43. The van der Waals surface area contributed by atoms with Crippen molar-refractivity contribution in [2.75, 3.05) is 0 Å². The quantitative estimate of drug-likeness (QED) is 0.572. The van der Waals surface area contributed by atoms with Crippen molar-refractivity contribution in [2.24, 2.45) is 5.84 Å². The molecule has 0 aliphatic carbocycles. The first-order valence-electron chi connectivity index (χ1n) is 6.34. The summed E-state index contributed by atoms with van der Waals surface area (Å²) in [5.41, 5.74) is 5.94. The van der Waals surface area contributed by atoms with Crippen molar-refractivity contribution >= 4 is 22.5 Å². The van der Waals surface area contributed by atoms with Gasteiger partial charge in [0.1, 0.15) is 0 Å². The minimum atomic E-state index is -0.0846. The lowest BCUT2D eigenvalue weighted by atomic mass is 9.98. The van der Waals surface area contributed by atoms with Crippen LogP contribution < -0.4 is 11.3 Å². The molecule has 1 aromatic heterocycles. The first-order chi connectivity index (χ1) is 9.78. The maximum absolute atomic E-state index is 5.92. The van der Waals surface area contributed by atoms with Crippen molar-refractivity contribution in [2.45, 2.75) is 6.04 Å². The van der Waals surface area contributed by atoms with Gasteiger partial charge in [0.05, 0.1) is 11.6 Å². The van der Waals surface area contributed by atoms with E-state index in [4.69, 9.17) is 17.4 Å². The Morgan fingerprint density at radius 1 is 1.00 bits per heavy atom. The monoisotopic (exact) mass is 283 g/mol. The van der Waals surface area contributed by atoms with E-state index in [1.54, 1.807) is 6.20 Å². The van der Waals surface area contributed by atoms with Gasteiger partial charge in [0.2, 0.25) is 0 Å². The standard InChI is InChI=1S/C16H14ClN3/c17-14-7-5-12(6-8-14)16(20-18)13-4-3-11-2-1-9-19-15(11)10-13/h1-10,16,20H,18H2. The summed E-state index contributed by atoms with van der Waals surface area (Å²) < 4.78 is 0. The zero-order valence-corrected chi connectivity index (χ0v) is 11.5. The molecule has 0 amide bonds. The van der Waals surface area contributed by atoms with Gasteiger partial charge in [-0.2, -0.15) is 0 Å². The maximum Gasteiger partial charge on any atom is 0.0710 e. The second-order valence-corrected chi connectivity index (χ2v) is 5.04. The summed E-state index contributed by atoms with van der Waals surface area (Å²) in [6.45, 7) is 0. The van der Waals surface area contributed by atoms with Gasteiger partial charge in [0, 0.05) is 16.6 Å². The van der Waals surface area contributed by atoms with Crippen LogP contribution in [0.2, 0.25) is 5.02 Å². The molecule has 0 saturated carbocycles. The van der Waals surface area contributed by atoms with E-state index in [-0.39, 0.29) is 6.04 Å². The first kappa shape index (κ1) is 13.1. The minimum absolute atomic E-state index is 0.0846. The van der Waals surface area contributed by atoms with Crippen LogP contribution in [0.15, 0.2) is 60.8 Å². The highest BCUT2D eigenvalue weighted by atomic mass is 35.5. The summed E-state index contributed by atoms with van der Waals surface area (Å²) in [7, 11) is 0. The van der Waals surface area contributed by atoms with Crippen LogP contribution in [0.5, 0.6) is 0 Å². The maximum atomic E-state index is 5.92. The molecule has 0 aliphatic rings. The van der Waals surface area contributed by atoms with Crippen LogP contribution in [0.1, 0.15) is 17.2 Å². The molecule has 0 aliphatic heterocycles. The van der Waals surface area contributed by atoms with E-state index >= 15 is 0 Å². The van der Waals surface area contributed by atoms with Gasteiger partial charge in [-0.25, -0.2) is 5.43 Å². The van der Waals surface area contributed by atoms with E-state index in [9.17, 15) is 0 Å². The van der Waals surface area contributed by atoms with Crippen LogP contribution in [-0.4, -0.2) is 4.98 Å². The SMILES string of the molecule is NNC(c1ccc(Cl)cc1)c1ccc2cccnc2c1. The lowest BCUT2D eigenvalue weighted by Crippen LogP contribution is -2.28. The molecule has 100 valence electrons. The molecule has 0 fully saturated rings. The van der Waals surface area contributed by atoms with Crippen LogP contribution >= 0.6 is 11.6 Å². The van der Waals surface area contributed by atoms with Gasteiger partial charge in [-0.3, -0.25) is 10.8 Å². The van der Waals surface area contributed by atoms with Gasteiger partial charge in [-0.1, -0.05) is 41.9 Å². The summed E-state index contributed by atoms with van der Waals surface area (Å²) in [4.78, 5) is 4.38. The van der Waals surface area contributed by atoms with Gasteiger partial charge in [-0.05, 0) is 35.4 Å². The van der Waals surface area contributed by atoms with Gasteiger partial charge in [-0.15, -0.1) is 0 Å². The minimum Gasteiger partial charge on any atom is -0.271 e. The van der Waals surface area contributed by atoms with Gasteiger partial charge < -0.3 is 0 Å². The number of nitrogens with two attached hydrogens (primary N) is 1. The van der Waals surface area contributed by atoms with Crippen molar-refractivity contribution in [3.05, 3.63) is 76.9 Å². The molecule has 3 nitrogen and oxygen atoms in total. The van der Waals surface area contributed by atoms with Gasteiger partial charge in [0.15, 0.2) is 0 Å². The van der Waals surface area contributed by atoms with Gasteiger partial charge in [0.25, 0.3) is 0 Å². The molecule has 3 aromatic rings. The number of hydrazine groups is 1. The number of pyridine rings is 1. The molecule has 0 bridgehead atoms. The molecule has 4 heteroatoms. The predicted octanol–water partition coefficient (Wildman–Crippen LogP) is 3.44. The summed E-state index contributed by atoms with van der Waals surface area (Å²) in [6, 6.07) is 17.7. The van der Waals surface area contributed by atoms with Crippen molar-refractivity contribution < 1.29 is 0 Å². The summed E-state index contributed by atoms with van der Waals surface area (Å²) in [5, 5.41) is 1.83. The van der Waals surface area contributed by atoms with Crippen molar-refractivity contribution in [3.63, 3.8) is 0 Å². The van der Waals surface area contributed by atoms with E-state index in [0.717, 1.165) is 22.0 Å². The van der Waals surface area contributed by atoms with E-state index in [1.807, 2.05) is 36.4 Å². The number of fused-ring (bicyclic) bond motifs is 1. The highest BCUT2D eigenvalue weighted by Gasteiger charge is 2.12. The molecule has 3 rings (SSSR count). The first-order valence-corrected chi connectivity index (χ1v) is 6.72. The Morgan fingerprint density at radius 2 is 1.75 bits per heavy atom. The molecule has 0 saturated heterocycles. The predicted molar refractivity (Wildman–Crippen MR) is 82.4 cm³/mol. The fraction of sp³-hybridized carbons (Fsp3) is 0.0625. The second-order valence-electron chi connectivity index (χ2n) is 4.61. The molecule has 0 spiro atoms. The second kappa shape index (κ2) is 5.59. The molecule has 1 unspecified atom stereocenters. The highest BCUT2D eigenvalue weighted by Crippen LogP contribution is 2.25. The Bertz CT molecular complexity index is 725. The lowest BCUT2D eigenvalue weighted by molar-refractivity contribution is 0.637. The molecule has 2 aromatic carbocycles. The highest BCUT2D eigenvalue weighted by molar-refractivity contribution is 6.30. The Kier molecular flexibility index (Phi) is 3.65. The average molecular weight is 284 g/mol. The third-order valence-corrected chi connectivity index (χ3v) is 3.59. The number of nitrogens with one attached hydrogen (secondary N) is 1. The van der Waals surface area contributed by atoms with Crippen molar-refractivity contribution in [1.29, 1.82) is 0 Å². The largest absolute Gasteiger partial charge is 0.271 e. The zero-order valence-electron chi connectivity index (χ0n) is 10.8. The normalized spacial score (nSPS) is 12.5.